The zero-order valence-electron chi connectivity index (χ0n) is 12.3. The lowest BCUT2D eigenvalue weighted by Crippen LogP contribution is -2.53. The van der Waals surface area contributed by atoms with Crippen molar-refractivity contribution in [1.29, 1.82) is 0 Å². The number of rotatable bonds is 2. The average Bonchev–Trinajstić information content (AvgIpc) is 2.42. The highest BCUT2D eigenvalue weighted by Crippen LogP contribution is 2.25. The number of piperidine rings is 1. The summed E-state index contributed by atoms with van der Waals surface area (Å²) in [6.45, 7) is 5.50. The van der Waals surface area contributed by atoms with Crippen LogP contribution in [0.1, 0.15) is 41.4 Å². The van der Waals surface area contributed by atoms with E-state index in [2.05, 4.69) is 10.2 Å². The normalized spacial score (nSPS) is 22.1. The molecule has 0 spiro atoms. The van der Waals surface area contributed by atoms with Crippen molar-refractivity contribution in [3.05, 3.63) is 27.2 Å². The molecule has 1 aliphatic rings. The summed E-state index contributed by atoms with van der Waals surface area (Å²) < 4.78 is 0. The van der Waals surface area contributed by atoms with E-state index in [-0.39, 0.29) is 11.5 Å². The zero-order chi connectivity index (χ0) is 15.7. The fourth-order valence-electron chi connectivity index (χ4n) is 2.82. The van der Waals surface area contributed by atoms with Crippen LogP contribution in [0.4, 0.5) is 0 Å². The SMILES string of the molecule is Cc1n[nH]c(=O)c(C(=O)N2CCCC(C)C2C(=O)O)c1C. The monoisotopic (exact) mass is 293 g/mol. The van der Waals surface area contributed by atoms with Crippen molar-refractivity contribution in [1.82, 2.24) is 15.1 Å². The maximum atomic E-state index is 12.7. The third-order valence-corrected chi connectivity index (χ3v) is 4.13. The van der Waals surface area contributed by atoms with Gasteiger partial charge in [0.1, 0.15) is 11.6 Å². The van der Waals surface area contributed by atoms with Crippen LogP contribution in [0.15, 0.2) is 4.79 Å². The third-order valence-electron chi connectivity index (χ3n) is 4.13. The van der Waals surface area contributed by atoms with E-state index in [0.29, 0.717) is 17.8 Å². The Morgan fingerprint density at radius 2 is 2.05 bits per heavy atom. The van der Waals surface area contributed by atoms with Crippen LogP contribution >= 0.6 is 0 Å². The maximum Gasteiger partial charge on any atom is 0.326 e. The van der Waals surface area contributed by atoms with Crippen LogP contribution in [0.5, 0.6) is 0 Å². The number of carboxylic acid groups (broad SMARTS) is 1. The number of hydrogen-bond acceptors (Lipinski definition) is 4. The van der Waals surface area contributed by atoms with Crippen molar-refractivity contribution in [2.45, 2.75) is 39.7 Å². The predicted molar refractivity (Wildman–Crippen MR) is 75.2 cm³/mol. The quantitative estimate of drug-likeness (QED) is 0.836. The molecule has 2 rings (SSSR count). The van der Waals surface area contributed by atoms with Gasteiger partial charge in [-0.1, -0.05) is 6.92 Å². The summed E-state index contributed by atoms with van der Waals surface area (Å²) in [6, 6.07) is -0.890. The Bertz CT molecular complexity index is 638. The van der Waals surface area contributed by atoms with Crippen LogP contribution in [-0.4, -0.2) is 44.7 Å². The minimum Gasteiger partial charge on any atom is -0.480 e. The topological polar surface area (TPSA) is 103 Å². The predicted octanol–water partition coefficient (Wildman–Crippen LogP) is 0.712. The Hall–Kier alpha value is -2.18. The number of H-pyrrole nitrogens is 1. The number of hydrogen-bond donors (Lipinski definition) is 2. The van der Waals surface area contributed by atoms with Crippen molar-refractivity contribution in [2.75, 3.05) is 6.54 Å². The molecule has 21 heavy (non-hydrogen) atoms. The molecular formula is C14H19N3O4. The average molecular weight is 293 g/mol. The van der Waals surface area contributed by atoms with Gasteiger partial charge < -0.3 is 10.0 Å². The van der Waals surface area contributed by atoms with Crippen LogP contribution in [0, 0.1) is 19.8 Å². The van der Waals surface area contributed by atoms with E-state index >= 15 is 0 Å². The van der Waals surface area contributed by atoms with Crippen molar-refractivity contribution in [3.63, 3.8) is 0 Å². The Morgan fingerprint density at radius 1 is 1.38 bits per heavy atom. The highest BCUT2D eigenvalue weighted by atomic mass is 16.4. The summed E-state index contributed by atoms with van der Waals surface area (Å²) in [5, 5.41) is 15.5. The number of amides is 1. The number of carbonyl (C=O) groups is 2. The summed E-state index contributed by atoms with van der Waals surface area (Å²) in [5.41, 5.74) is 0.453. The number of nitrogens with one attached hydrogen (secondary N) is 1. The lowest BCUT2D eigenvalue weighted by Gasteiger charge is -2.37. The number of carbonyl (C=O) groups excluding carboxylic acids is 1. The van der Waals surface area contributed by atoms with Gasteiger partial charge in [0.25, 0.3) is 11.5 Å². The van der Waals surface area contributed by atoms with Crippen LogP contribution in [-0.2, 0) is 4.79 Å². The first-order valence-electron chi connectivity index (χ1n) is 6.94. The van der Waals surface area contributed by atoms with E-state index in [9.17, 15) is 19.5 Å². The largest absolute Gasteiger partial charge is 0.480 e. The van der Waals surface area contributed by atoms with E-state index in [1.807, 2.05) is 6.92 Å². The molecular weight excluding hydrogens is 274 g/mol. The second kappa shape index (κ2) is 5.67. The maximum absolute atomic E-state index is 12.7. The van der Waals surface area contributed by atoms with E-state index in [0.717, 1.165) is 12.8 Å². The van der Waals surface area contributed by atoms with E-state index in [1.165, 1.54) is 4.90 Å². The van der Waals surface area contributed by atoms with E-state index in [1.54, 1.807) is 13.8 Å². The molecule has 0 radical (unpaired) electrons. The van der Waals surface area contributed by atoms with Crippen molar-refractivity contribution in [2.24, 2.45) is 5.92 Å². The number of nitrogens with zero attached hydrogens (tertiary/aromatic N) is 2. The van der Waals surface area contributed by atoms with Gasteiger partial charge in [-0.3, -0.25) is 9.59 Å². The van der Waals surface area contributed by atoms with Crippen LogP contribution in [0.2, 0.25) is 0 Å². The first-order chi connectivity index (χ1) is 9.84. The van der Waals surface area contributed by atoms with Crippen LogP contribution in [0.25, 0.3) is 0 Å². The molecule has 1 aromatic heterocycles. The molecule has 0 aliphatic carbocycles. The molecule has 7 nitrogen and oxygen atoms in total. The third kappa shape index (κ3) is 2.68. The van der Waals surface area contributed by atoms with Crippen molar-refractivity contribution >= 4 is 11.9 Å². The van der Waals surface area contributed by atoms with Gasteiger partial charge in [-0.25, -0.2) is 9.89 Å². The molecule has 1 saturated heterocycles. The molecule has 2 atom stereocenters. The van der Waals surface area contributed by atoms with Gasteiger partial charge in [0, 0.05) is 6.54 Å². The fraction of sp³-hybridized carbons (Fsp3) is 0.571. The van der Waals surface area contributed by atoms with Gasteiger partial charge in [-0.2, -0.15) is 5.10 Å². The van der Waals surface area contributed by atoms with Crippen LogP contribution in [0.3, 0.4) is 0 Å². The molecule has 2 unspecified atom stereocenters. The molecule has 2 heterocycles. The minimum absolute atomic E-state index is 0.0112. The number of aromatic nitrogens is 2. The molecule has 114 valence electrons. The summed E-state index contributed by atoms with van der Waals surface area (Å²) >= 11 is 0. The number of aryl methyl sites for hydroxylation is 1. The summed E-state index contributed by atoms with van der Waals surface area (Å²) in [5.74, 6) is -1.70. The molecule has 0 aromatic carbocycles. The number of aliphatic carboxylic acids is 1. The van der Waals surface area contributed by atoms with Crippen molar-refractivity contribution < 1.29 is 14.7 Å². The highest BCUT2D eigenvalue weighted by molar-refractivity contribution is 5.97. The Kier molecular flexibility index (Phi) is 4.11. The van der Waals surface area contributed by atoms with E-state index in [4.69, 9.17) is 0 Å². The second-order valence-corrected chi connectivity index (χ2v) is 5.54. The number of carboxylic acids is 1. The Morgan fingerprint density at radius 3 is 2.67 bits per heavy atom. The molecule has 7 heteroatoms. The molecule has 1 aliphatic heterocycles. The Labute approximate surface area is 122 Å². The molecule has 1 aromatic rings. The standard InChI is InChI=1S/C14H19N3O4/c1-7-5-4-6-17(11(7)14(20)21)13(19)10-8(2)9(3)15-16-12(10)18/h7,11H,4-6H2,1-3H3,(H,16,18)(H,20,21). The molecule has 0 saturated carbocycles. The first-order valence-corrected chi connectivity index (χ1v) is 6.94. The van der Waals surface area contributed by atoms with Gasteiger partial charge >= 0.3 is 5.97 Å². The molecule has 1 amide bonds. The van der Waals surface area contributed by atoms with Gasteiger partial charge in [0.05, 0.1) is 5.69 Å². The summed E-state index contributed by atoms with van der Waals surface area (Å²) in [6.07, 6.45) is 1.49. The minimum atomic E-state index is -1.03. The van der Waals surface area contributed by atoms with Crippen LogP contribution < -0.4 is 5.56 Å². The first kappa shape index (κ1) is 15.2. The van der Waals surface area contributed by atoms with Gasteiger partial charge in [0.2, 0.25) is 0 Å². The summed E-state index contributed by atoms with van der Waals surface area (Å²) in [7, 11) is 0. The zero-order valence-corrected chi connectivity index (χ0v) is 12.3. The molecule has 2 N–H and O–H groups in total. The lowest BCUT2D eigenvalue weighted by molar-refractivity contribution is -0.145. The van der Waals surface area contributed by atoms with E-state index < -0.39 is 23.5 Å². The second-order valence-electron chi connectivity index (χ2n) is 5.54. The van der Waals surface area contributed by atoms with Gasteiger partial charge in [0.15, 0.2) is 0 Å². The molecule has 1 fully saturated rings. The fourth-order valence-corrected chi connectivity index (χ4v) is 2.82. The molecule has 0 bridgehead atoms. The van der Waals surface area contributed by atoms with Gasteiger partial charge in [-0.05, 0) is 38.2 Å². The Balaban J connectivity index is 2.46. The van der Waals surface area contributed by atoms with Gasteiger partial charge in [-0.15, -0.1) is 0 Å². The highest BCUT2D eigenvalue weighted by Gasteiger charge is 2.38. The summed E-state index contributed by atoms with van der Waals surface area (Å²) in [4.78, 5) is 37.3. The number of likely N-dealkylation sites (tertiary alicyclic amines) is 1. The smallest absolute Gasteiger partial charge is 0.326 e. The lowest BCUT2D eigenvalue weighted by atomic mass is 9.90. The van der Waals surface area contributed by atoms with Crippen molar-refractivity contribution in [3.8, 4) is 0 Å². The number of aromatic amines is 1.